The number of likely N-dealkylation sites (tertiary alicyclic amines) is 1. The normalized spacial score (nSPS) is 21.5. The van der Waals surface area contributed by atoms with E-state index in [-0.39, 0.29) is 11.8 Å². The van der Waals surface area contributed by atoms with Crippen LogP contribution in [-0.2, 0) is 16.0 Å². The molecule has 2 fully saturated rings. The van der Waals surface area contributed by atoms with Crippen LogP contribution in [0, 0.1) is 10.8 Å². The summed E-state index contributed by atoms with van der Waals surface area (Å²) in [4.78, 5) is 32.3. The van der Waals surface area contributed by atoms with E-state index >= 15 is 0 Å². The standard InChI is InChI=1S/C25H31N3O2/c1-24(2,3)23(30)28-13-11-25(17-28,22(29)27-21-9-10-21)15-18-6-4-7-19(14-18)20-8-5-12-26-16-20/h4-8,12,14,16,21H,9-11,13,15,17H2,1-3H3,(H,27,29)/t25-/m1/s1. The van der Waals surface area contributed by atoms with Gasteiger partial charge in [0.2, 0.25) is 11.8 Å². The average molecular weight is 406 g/mol. The Morgan fingerprint density at radius 1 is 1.17 bits per heavy atom. The summed E-state index contributed by atoms with van der Waals surface area (Å²) in [5, 5.41) is 3.21. The zero-order valence-electron chi connectivity index (χ0n) is 18.1. The van der Waals surface area contributed by atoms with E-state index in [4.69, 9.17) is 0 Å². The first-order chi connectivity index (χ1) is 14.3. The van der Waals surface area contributed by atoms with Gasteiger partial charge in [-0.1, -0.05) is 51.1 Å². The number of hydrogen-bond acceptors (Lipinski definition) is 3. The molecule has 1 aromatic carbocycles. The van der Waals surface area contributed by atoms with Crippen molar-refractivity contribution in [3.05, 3.63) is 54.4 Å². The number of aromatic nitrogens is 1. The van der Waals surface area contributed by atoms with Crippen LogP contribution in [0.1, 0.15) is 45.6 Å². The van der Waals surface area contributed by atoms with Gasteiger partial charge in [-0.25, -0.2) is 0 Å². The van der Waals surface area contributed by atoms with Crippen molar-refractivity contribution in [1.82, 2.24) is 15.2 Å². The summed E-state index contributed by atoms with van der Waals surface area (Å²) in [6, 6.07) is 12.6. The predicted octanol–water partition coefficient (Wildman–Crippen LogP) is 3.83. The molecule has 1 saturated carbocycles. The van der Waals surface area contributed by atoms with Gasteiger partial charge >= 0.3 is 0 Å². The highest BCUT2D eigenvalue weighted by Crippen LogP contribution is 2.38. The lowest BCUT2D eigenvalue weighted by Gasteiger charge is -2.31. The minimum absolute atomic E-state index is 0.0981. The van der Waals surface area contributed by atoms with Crippen molar-refractivity contribution >= 4 is 11.8 Å². The third kappa shape index (κ3) is 4.40. The summed E-state index contributed by atoms with van der Waals surface area (Å²) >= 11 is 0. The molecule has 1 saturated heterocycles. The van der Waals surface area contributed by atoms with Crippen molar-refractivity contribution in [1.29, 1.82) is 0 Å². The molecule has 1 aromatic heterocycles. The van der Waals surface area contributed by atoms with Gasteiger partial charge in [-0.3, -0.25) is 14.6 Å². The number of carbonyl (C=O) groups excluding carboxylic acids is 2. The predicted molar refractivity (Wildman–Crippen MR) is 118 cm³/mol. The minimum atomic E-state index is -0.572. The largest absolute Gasteiger partial charge is 0.353 e. The summed E-state index contributed by atoms with van der Waals surface area (Å²) in [5.74, 6) is 0.216. The van der Waals surface area contributed by atoms with Crippen molar-refractivity contribution in [3.63, 3.8) is 0 Å². The highest BCUT2D eigenvalue weighted by molar-refractivity contribution is 5.87. The van der Waals surface area contributed by atoms with Crippen LogP contribution in [0.2, 0.25) is 0 Å². The molecule has 1 N–H and O–H groups in total. The summed E-state index contributed by atoms with van der Waals surface area (Å²) in [7, 11) is 0. The lowest BCUT2D eigenvalue weighted by molar-refractivity contribution is -0.139. The van der Waals surface area contributed by atoms with Gasteiger partial charge in [-0.15, -0.1) is 0 Å². The molecular formula is C25H31N3O2. The third-order valence-corrected chi connectivity index (χ3v) is 6.14. The zero-order chi connectivity index (χ0) is 21.4. The number of hydrogen-bond donors (Lipinski definition) is 1. The Morgan fingerprint density at radius 3 is 2.60 bits per heavy atom. The van der Waals surface area contributed by atoms with Crippen LogP contribution in [0.25, 0.3) is 11.1 Å². The SMILES string of the molecule is CC(C)(C)C(=O)N1CC[C@](Cc2cccc(-c3cccnc3)c2)(C(=O)NC2CC2)C1. The first kappa shape index (κ1) is 20.6. The minimum Gasteiger partial charge on any atom is -0.353 e. The van der Waals surface area contributed by atoms with Gasteiger partial charge < -0.3 is 10.2 Å². The first-order valence-electron chi connectivity index (χ1n) is 10.9. The van der Waals surface area contributed by atoms with Crippen LogP contribution in [0.4, 0.5) is 0 Å². The number of amides is 2. The number of nitrogens with one attached hydrogen (secondary N) is 1. The lowest BCUT2D eigenvalue weighted by Crippen LogP contribution is -2.47. The molecule has 30 heavy (non-hydrogen) atoms. The molecule has 1 atom stereocenters. The van der Waals surface area contributed by atoms with E-state index < -0.39 is 10.8 Å². The summed E-state index contributed by atoms with van der Waals surface area (Å²) in [6.45, 7) is 6.94. The topological polar surface area (TPSA) is 62.3 Å². The van der Waals surface area contributed by atoms with Crippen molar-refractivity contribution in [2.75, 3.05) is 13.1 Å². The van der Waals surface area contributed by atoms with Gasteiger partial charge in [-0.05, 0) is 48.4 Å². The molecule has 5 nitrogen and oxygen atoms in total. The molecule has 0 radical (unpaired) electrons. The Hall–Kier alpha value is -2.69. The van der Waals surface area contributed by atoms with Gasteiger partial charge in [0.05, 0.1) is 5.41 Å². The maximum Gasteiger partial charge on any atom is 0.228 e. The van der Waals surface area contributed by atoms with Gasteiger partial charge in [0.15, 0.2) is 0 Å². The van der Waals surface area contributed by atoms with Crippen molar-refractivity contribution < 1.29 is 9.59 Å². The fraction of sp³-hybridized carbons (Fsp3) is 0.480. The van der Waals surface area contributed by atoms with E-state index in [1.807, 2.05) is 50.1 Å². The Kier molecular flexibility index (Phi) is 5.39. The second-order valence-electron chi connectivity index (χ2n) is 9.87. The number of carbonyl (C=O) groups is 2. The molecule has 4 rings (SSSR count). The highest BCUT2D eigenvalue weighted by Gasteiger charge is 2.48. The maximum absolute atomic E-state index is 13.3. The van der Waals surface area contributed by atoms with Crippen molar-refractivity contribution in [2.45, 2.75) is 52.5 Å². The van der Waals surface area contributed by atoms with Crippen LogP contribution >= 0.6 is 0 Å². The average Bonchev–Trinajstić information content (AvgIpc) is 3.44. The fourth-order valence-corrected chi connectivity index (χ4v) is 4.28. The molecule has 158 valence electrons. The monoisotopic (exact) mass is 405 g/mol. The van der Waals surface area contributed by atoms with Gasteiger partial charge in [0, 0.05) is 36.9 Å². The van der Waals surface area contributed by atoms with Crippen LogP contribution in [-0.4, -0.2) is 40.8 Å². The molecule has 0 unspecified atom stereocenters. The lowest BCUT2D eigenvalue weighted by atomic mass is 9.79. The van der Waals surface area contributed by atoms with Crippen molar-refractivity contribution in [2.24, 2.45) is 10.8 Å². The third-order valence-electron chi connectivity index (χ3n) is 6.14. The fourth-order valence-electron chi connectivity index (χ4n) is 4.28. The van der Waals surface area contributed by atoms with Crippen LogP contribution in [0.15, 0.2) is 48.8 Å². The Morgan fingerprint density at radius 2 is 1.93 bits per heavy atom. The highest BCUT2D eigenvalue weighted by atomic mass is 16.2. The number of benzene rings is 1. The van der Waals surface area contributed by atoms with Crippen molar-refractivity contribution in [3.8, 4) is 11.1 Å². The molecule has 1 aliphatic carbocycles. The molecular weight excluding hydrogens is 374 g/mol. The number of pyridine rings is 1. The number of nitrogens with zero attached hydrogens (tertiary/aromatic N) is 2. The molecule has 0 bridgehead atoms. The second kappa shape index (κ2) is 7.86. The van der Waals surface area contributed by atoms with Crippen LogP contribution < -0.4 is 5.32 Å². The Labute approximate surface area is 178 Å². The van der Waals surface area contributed by atoms with Gasteiger partial charge in [-0.2, -0.15) is 0 Å². The molecule has 2 aliphatic rings. The molecule has 5 heteroatoms. The molecule has 2 amide bonds. The van der Waals surface area contributed by atoms with E-state index in [1.54, 1.807) is 6.20 Å². The zero-order valence-corrected chi connectivity index (χ0v) is 18.1. The van der Waals surface area contributed by atoms with Crippen LogP contribution in [0.3, 0.4) is 0 Å². The smallest absolute Gasteiger partial charge is 0.228 e. The first-order valence-corrected chi connectivity index (χ1v) is 10.9. The summed E-state index contributed by atoms with van der Waals surface area (Å²) in [6.07, 6.45) is 7.07. The summed E-state index contributed by atoms with van der Waals surface area (Å²) in [5.41, 5.74) is 2.26. The van der Waals surface area contributed by atoms with E-state index in [2.05, 4.69) is 28.5 Å². The molecule has 2 heterocycles. The van der Waals surface area contributed by atoms with E-state index in [0.717, 1.165) is 29.5 Å². The maximum atomic E-state index is 13.3. The summed E-state index contributed by atoms with van der Waals surface area (Å²) < 4.78 is 0. The second-order valence-corrected chi connectivity index (χ2v) is 9.87. The van der Waals surface area contributed by atoms with Gasteiger partial charge in [0.1, 0.15) is 0 Å². The quantitative estimate of drug-likeness (QED) is 0.822. The van der Waals surface area contributed by atoms with Gasteiger partial charge in [0.25, 0.3) is 0 Å². The van der Waals surface area contributed by atoms with Crippen LogP contribution in [0.5, 0.6) is 0 Å². The molecule has 0 spiro atoms. The van der Waals surface area contributed by atoms with E-state index in [9.17, 15) is 9.59 Å². The Balaban J connectivity index is 1.60. The molecule has 2 aromatic rings. The van der Waals surface area contributed by atoms with E-state index in [0.29, 0.717) is 32.0 Å². The number of rotatable bonds is 5. The Bertz CT molecular complexity index is 931. The molecule has 1 aliphatic heterocycles. The van der Waals surface area contributed by atoms with E-state index in [1.165, 1.54) is 0 Å².